The van der Waals surface area contributed by atoms with E-state index in [-0.39, 0.29) is 17.9 Å². The Bertz CT molecular complexity index is 631. The lowest BCUT2D eigenvalue weighted by Crippen LogP contribution is -2.61. The smallest absolute Gasteiger partial charge is 0.248 e. The maximum atomic E-state index is 13.5. The van der Waals surface area contributed by atoms with Crippen molar-refractivity contribution in [3.05, 3.63) is 18.0 Å². The van der Waals surface area contributed by atoms with E-state index in [4.69, 9.17) is 0 Å². The van der Waals surface area contributed by atoms with E-state index in [1.807, 2.05) is 28.9 Å². The molecule has 1 aromatic heterocycles. The number of aromatic nitrogens is 2. The Kier molecular flexibility index (Phi) is 5.16. The fourth-order valence-corrected chi connectivity index (χ4v) is 4.33. The van der Waals surface area contributed by atoms with Gasteiger partial charge in [0.2, 0.25) is 11.8 Å². The number of rotatable bonds is 4. The van der Waals surface area contributed by atoms with Crippen molar-refractivity contribution in [3.63, 3.8) is 0 Å². The molecule has 1 N–H and O–H groups in total. The molecule has 6 heteroatoms. The minimum absolute atomic E-state index is 0.110. The van der Waals surface area contributed by atoms with Gasteiger partial charge in [-0.3, -0.25) is 14.3 Å². The van der Waals surface area contributed by atoms with E-state index in [1.165, 1.54) is 6.92 Å². The van der Waals surface area contributed by atoms with Crippen molar-refractivity contribution in [1.82, 2.24) is 20.0 Å². The maximum Gasteiger partial charge on any atom is 0.248 e. The summed E-state index contributed by atoms with van der Waals surface area (Å²) in [5.41, 5.74) is 0.424. The molecule has 2 fully saturated rings. The molecular weight excluding hydrogens is 316 g/mol. The molecule has 1 atom stereocenters. The standard InChI is InChI=1S/C19H30N4O2/c1-14-6-8-19(9-7-14,21-16(3)24)18(25)23-10-4-5-17(23)13-22-12-15(2)11-20-22/h11-12,14,17H,4-10,13H2,1-3H3,(H,21,24)/t14?,17-,19?/m1/s1. The largest absolute Gasteiger partial charge is 0.342 e. The third kappa shape index (κ3) is 3.88. The summed E-state index contributed by atoms with van der Waals surface area (Å²) >= 11 is 0. The number of aryl methyl sites for hydroxylation is 1. The first-order chi connectivity index (χ1) is 11.9. The first kappa shape index (κ1) is 18.0. The molecule has 138 valence electrons. The van der Waals surface area contributed by atoms with Crippen molar-refractivity contribution < 1.29 is 9.59 Å². The van der Waals surface area contributed by atoms with Crippen LogP contribution in [-0.4, -0.2) is 44.6 Å². The lowest BCUT2D eigenvalue weighted by molar-refractivity contribution is -0.144. The number of likely N-dealkylation sites (tertiary alicyclic amines) is 1. The molecule has 1 aliphatic heterocycles. The molecule has 2 heterocycles. The van der Waals surface area contributed by atoms with E-state index in [1.54, 1.807) is 0 Å². The summed E-state index contributed by atoms with van der Waals surface area (Å²) in [5.74, 6) is 0.624. The Labute approximate surface area is 149 Å². The molecule has 0 bridgehead atoms. The number of nitrogens with zero attached hydrogens (tertiary/aromatic N) is 3. The second kappa shape index (κ2) is 7.18. The molecule has 2 aliphatic rings. The normalized spacial score (nSPS) is 29.6. The van der Waals surface area contributed by atoms with E-state index in [2.05, 4.69) is 17.3 Å². The van der Waals surface area contributed by atoms with Crippen molar-refractivity contribution in [2.75, 3.05) is 6.54 Å². The zero-order valence-electron chi connectivity index (χ0n) is 15.6. The highest BCUT2D eigenvalue weighted by Crippen LogP contribution is 2.35. The first-order valence-electron chi connectivity index (χ1n) is 9.48. The molecule has 0 aromatic carbocycles. The molecular formula is C19H30N4O2. The van der Waals surface area contributed by atoms with Gasteiger partial charge in [-0.2, -0.15) is 5.10 Å². The summed E-state index contributed by atoms with van der Waals surface area (Å²) in [6.45, 7) is 7.27. The summed E-state index contributed by atoms with van der Waals surface area (Å²) in [4.78, 5) is 27.3. The average Bonchev–Trinajstić information content (AvgIpc) is 3.18. The molecule has 0 radical (unpaired) electrons. The van der Waals surface area contributed by atoms with Gasteiger partial charge in [-0.15, -0.1) is 0 Å². The van der Waals surface area contributed by atoms with Gasteiger partial charge in [0.1, 0.15) is 5.54 Å². The van der Waals surface area contributed by atoms with Gasteiger partial charge in [0.25, 0.3) is 0 Å². The Morgan fingerprint density at radius 1 is 1.32 bits per heavy atom. The SMILES string of the molecule is CC(=O)NC1(C(=O)N2CCC[C@@H]2Cn2cc(C)cn2)CCC(C)CC1. The van der Waals surface area contributed by atoms with E-state index in [9.17, 15) is 9.59 Å². The summed E-state index contributed by atoms with van der Waals surface area (Å²) in [6.07, 6.45) is 9.36. The van der Waals surface area contributed by atoms with Crippen LogP contribution in [-0.2, 0) is 16.1 Å². The van der Waals surface area contributed by atoms with Crippen LogP contribution in [0.4, 0.5) is 0 Å². The topological polar surface area (TPSA) is 67.2 Å². The quantitative estimate of drug-likeness (QED) is 0.909. The Balaban J connectivity index is 1.76. The molecule has 0 unspecified atom stereocenters. The predicted molar refractivity (Wildman–Crippen MR) is 95.9 cm³/mol. The molecule has 25 heavy (non-hydrogen) atoms. The van der Waals surface area contributed by atoms with Gasteiger partial charge in [0, 0.05) is 19.7 Å². The van der Waals surface area contributed by atoms with Crippen LogP contribution in [0.1, 0.15) is 57.9 Å². The van der Waals surface area contributed by atoms with Crippen LogP contribution in [0, 0.1) is 12.8 Å². The lowest BCUT2D eigenvalue weighted by atomic mass is 9.76. The van der Waals surface area contributed by atoms with Crippen LogP contribution in [0.15, 0.2) is 12.4 Å². The van der Waals surface area contributed by atoms with Gasteiger partial charge in [0.15, 0.2) is 0 Å². The number of carbonyl (C=O) groups excluding carboxylic acids is 2. The highest BCUT2D eigenvalue weighted by molar-refractivity contribution is 5.91. The van der Waals surface area contributed by atoms with Crippen molar-refractivity contribution >= 4 is 11.8 Å². The summed E-state index contributed by atoms with van der Waals surface area (Å²) in [5, 5.41) is 7.40. The maximum absolute atomic E-state index is 13.5. The van der Waals surface area contributed by atoms with Gasteiger partial charge in [0.05, 0.1) is 18.8 Å². The van der Waals surface area contributed by atoms with Crippen LogP contribution in [0.5, 0.6) is 0 Å². The molecule has 1 saturated heterocycles. The van der Waals surface area contributed by atoms with Crippen LogP contribution in [0.3, 0.4) is 0 Å². The van der Waals surface area contributed by atoms with E-state index in [0.717, 1.165) is 57.2 Å². The molecule has 3 rings (SSSR count). The van der Waals surface area contributed by atoms with E-state index >= 15 is 0 Å². The summed E-state index contributed by atoms with van der Waals surface area (Å²) in [6, 6.07) is 0.164. The average molecular weight is 346 g/mol. The first-order valence-corrected chi connectivity index (χ1v) is 9.48. The number of hydrogen-bond donors (Lipinski definition) is 1. The molecule has 0 spiro atoms. The molecule has 6 nitrogen and oxygen atoms in total. The Morgan fingerprint density at radius 3 is 2.64 bits per heavy atom. The van der Waals surface area contributed by atoms with Crippen LogP contribution in [0.25, 0.3) is 0 Å². The van der Waals surface area contributed by atoms with Crippen LogP contribution in [0.2, 0.25) is 0 Å². The third-order valence-electron chi connectivity index (χ3n) is 5.75. The number of hydrogen-bond acceptors (Lipinski definition) is 3. The van der Waals surface area contributed by atoms with Gasteiger partial charge >= 0.3 is 0 Å². The summed E-state index contributed by atoms with van der Waals surface area (Å²) < 4.78 is 1.93. The zero-order valence-corrected chi connectivity index (χ0v) is 15.6. The summed E-state index contributed by atoms with van der Waals surface area (Å²) in [7, 11) is 0. The fourth-order valence-electron chi connectivity index (χ4n) is 4.33. The van der Waals surface area contributed by atoms with Gasteiger partial charge in [-0.1, -0.05) is 6.92 Å². The van der Waals surface area contributed by atoms with Crippen molar-refractivity contribution in [3.8, 4) is 0 Å². The zero-order chi connectivity index (χ0) is 18.0. The minimum atomic E-state index is -0.707. The van der Waals surface area contributed by atoms with E-state index in [0.29, 0.717) is 5.92 Å². The van der Waals surface area contributed by atoms with Crippen molar-refractivity contribution in [2.24, 2.45) is 5.92 Å². The Hall–Kier alpha value is -1.85. The highest BCUT2D eigenvalue weighted by Gasteiger charge is 2.46. The van der Waals surface area contributed by atoms with Gasteiger partial charge in [-0.05, 0) is 56.9 Å². The molecule has 2 amide bonds. The minimum Gasteiger partial charge on any atom is -0.342 e. The molecule has 1 aromatic rings. The predicted octanol–water partition coefficient (Wildman–Crippen LogP) is 2.27. The second-order valence-electron chi connectivity index (χ2n) is 7.98. The molecule has 1 aliphatic carbocycles. The van der Waals surface area contributed by atoms with E-state index < -0.39 is 5.54 Å². The third-order valence-corrected chi connectivity index (χ3v) is 5.75. The van der Waals surface area contributed by atoms with Crippen molar-refractivity contribution in [1.29, 1.82) is 0 Å². The monoisotopic (exact) mass is 346 g/mol. The van der Waals surface area contributed by atoms with Gasteiger partial charge < -0.3 is 10.2 Å². The second-order valence-corrected chi connectivity index (χ2v) is 7.98. The van der Waals surface area contributed by atoms with Crippen molar-refractivity contribution in [2.45, 2.75) is 77.4 Å². The molecule has 1 saturated carbocycles. The fraction of sp³-hybridized carbons (Fsp3) is 0.737. The lowest BCUT2D eigenvalue weighted by Gasteiger charge is -2.42. The van der Waals surface area contributed by atoms with Crippen LogP contribution >= 0.6 is 0 Å². The van der Waals surface area contributed by atoms with Crippen LogP contribution < -0.4 is 5.32 Å². The van der Waals surface area contributed by atoms with Gasteiger partial charge in [-0.25, -0.2) is 0 Å². The number of carbonyl (C=O) groups is 2. The number of amides is 2. The Morgan fingerprint density at radius 2 is 2.04 bits per heavy atom. The highest BCUT2D eigenvalue weighted by atomic mass is 16.2. The number of nitrogens with one attached hydrogen (secondary N) is 1.